The number of hydrogen-bond acceptors (Lipinski definition) is 4. The van der Waals surface area contributed by atoms with E-state index in [9.17, 15) is 0 Å². The third-order valence-electron chi connectivity index (χ3n) is 2.60. The van der Waals surface area contributed by atoms with E-state index in [0.717, 1.165) is 25.1 Å². The van der Waals surface area contributed by atoms with Crippen LogP contribution in [0.2, 0.25) is 0 Å². The molecule has 0 bridgehead atoms. The minimum Gasteiger partial charge on any atom is -0.310 e. The van der Waals surface area contributed by atoms with Crippen LogP contribution in [0.15, 0.2) is 18.3 Å². The average Bonchev–Trinajstić information content (AvgIpc) is 2.34. The Labute approximate surface area is 103 Å². The van der Waals surface area contributed by atoms with Gasteiger partial charge in [-0.05, 0) is 51.7 Å². The Hall–Kier alpha value is -1.44. The molecule has 1 unspecified atom stereocenters. The SMILES string of the molecule is CC(CCN(C)C)NCc1ccnc(C#N)c1. The molecule has 0 aliphatic carbocycles. The van der Waals surface area contributed by atoms with E-state index >= 15 is 0 Å². The molecule has 0 saturated heterocycles. The molecule has 17 heavy (non-hydrogen) atoms. The number of pyridine rings is 1. The van der Waals surface area contributed by atoms with Gasteiger partial charge in [0.1, 0.15) is 11.8 Å². The van der Waals surface area contributed by atoms with Crippen molar-refractivity contribution in [3.63, 3.8) is 0 Å². The highest BCUT2D eigenvalue weighted by Crippen LogP contribution is 2.02. The molecule has 1 rings (SSSR count). The molecule has 1 atom stereocenters. The molecule has 0 spiro atoms. The van der Waals surface area contributed by atoms with E-state index in [1.807, 2.05) is 18.2 Å². The minimum atomic E-state index is 0.469. The molecule has 0 radical (unpaired) electrons. The van der Waals surface area contributed by atoms with Gasteiger partial charge in [-0.2, -0.15) is 5.26 Å². The van der Waals surface area contributed by atoms with Crippen molar-refractivity contribution in [2.24, 2.45) is 0 Å². The van der Waals surface area contributed by atoms with Crippen molar-refractivity contribution in [2.75, 3.05) is 20.6 Å². The predicted octanol–water partition coefficient (Wildman–Crippen LogP) is 1.38. The lowest BCUT2D eigenvalue weighted by molar-refractivity contribution is 0.365. The van der Waals surface area contributed by atoms with Crippen molar-refractivity contribution >= 4 is 0 Å². The average molecular weight is 232 g/mol. The summed E-state index contributed by atoms with van der Waals surface area (Å²) in [5.74, 6) is 0. The fraction of sp³-hybridized carbons (Fsp3) is 0.538. The number of hydrogen-bond donors (Lipinski definition) is 1. The molecule has 92 valence electrons. The third-order valence-corrected chi connectivity index (χ3v) is 2.60. The number of nitriles is 1. The first-order chi connectivity index (χ1) is 8.11. The molecule has 4 heteroatoms. The van der Waals surface area contributed by atoms with E-state index in [0.29, 0.717) is 11.7 Å². The quantitative estimate of drug-likeness (QED) is 0.805. The monoisotopic (exact) mass is 232 g/mol. The Balaban J connectivity index is 2.37. The van der Waals surface area contributed by atoms with Crippen LogP contribution in [0.25, 0.3) is 0 Å². The van der Waals surface area contributed by atoms with Crippen LogP contribution in [0, 0.1) is 11.3 Å². The first kappa shape index (κ1) is 13.6. The maximum Gasteiger partial charge on any atom is 0.140 e. The van der Waals surface area contributed by atoms with Crippen LogP contribution in [0.4, 0.5) is 0 Å². The Kier molecular flexibility index (Phi) is 5.61. The largest absolute Gasteiger partial charge is 0.310 e. The van der Waals surface area contributed by atoms with Crippen LogP contribution in [0.5, 0.6) is 0 Å². The number of rotatable bonds is 6. The van der Waals surface area contributed by atoms with Crippen molar-refractivity contribution in [3.8, 4) is 6.07 Å². The summed E-state index contributed by atoms with van der Waals surface area (Å²) in [7, 11) is 4.16. The molecular weight excluding hydrogens is 212 g/mol. The Morgan fingerprint density at radius 2 is 2.29 bits per heavy atom. The maximum atomic E-state index is 8.75. The van der Waals surface area contributed by atoms with Gasteiger partial charge in [0.05, 0.1) is 0 Å². The van der Waals surface area contributed by atoms with Crippen LogP contribution in [0.3, 0.4) is 0 Å². The molecule has 0 aliphatic heterocycles. The Bertz CT molecular complexity index is 381. The van der Waals surface area contributed by atoms with E-state index < -0.39 is 0 Å². The Morgan fingerprint density at radius 3 is 2.94 bits per heavy atom. The molecular formula is C13H20N4. The van der Waals surface area contributed by atoms with E-state index in [-0.39, 0.29) is 0 Å². The van der Waals surface area contributed by atoms with Crippen LogP contribution < -0.4 is 5.32 Å². The smallest absolute Gasteiger partial charge is 0.140 e. The third kappa shape index (κ3) is 5.43. The number of nitrogens with one attached hydrogen (secondary N) is 1. The first-order valence-corrected chi connectivity index (χ1v) is 5.85. The van der Waals surface area contributed by atoms with E-state index in [1.54, 1.807) is 6.20 Å². The highest BCUT2D eigenvalue weighted by molar-refractivity contribution is 5.25. The molecule has 1 aromatic rings. The number of aromatic nitrogens is 1. The fourth-order valence-electron chi connectivity index (χ4n) is 1.49. The van der Waals surface area contributed by atoms with Gasteiger partial charge in [-0.15, -0.1) is 0 Å². The maximum absolute atomic E-state index is 8.75. The molecule has 0 aromatic carbocycles. The lowest BCUT2D eigenvalue weighted by atomic mass is 10.2. The topological polar surface area (TPSA) is 52.0 Å². The highest BCUT2D eigenvalue weighted by Gasteiger charge is 2.03. The summed E-state index contributed by atoms with van der Waals surface area (Å²) in [5, 5.41) is 12.2. The van der Waals surface area contributed by atoms with Crippen molar-refractivity contribution < 1.29 is 0 Å². The molecule has 0 aliphatic rings. The predicted molar refractivity (Wildman–Crippen MR) is 68.4 cm³/mol. The minimum absolute atomic E-state index is 0.469. The van der Waals surface area contributed by atoms with Gasteiger partial charge in [-0.1, -0.05) is 0 Å². The normalized spacial score (nSPS) is 12.4. The summed E-state index contributed by atoms with van der Waals surface area (Å²) in [5.41, 5.74) is 1.58. The standard InChI is InChI=1S/C13H20N4/c1-11(5-7-17(2)3)16-10-12-4-6-15-13(8-12)9-14/h4,6,8,11,16H,5,7,10H2,1-3H3. The second-order valence-electron chi connectivity index (χ2n) is 4.54. The fourth-order valence-corrected chi connectivity index (χ4v) is 1.49. The van der Waals surface area contributed by atoms with Gasteiger partial charge in [0, 0.05) is 18.8 Å². The van der Waals surface area contributed by atoms with Crippen LogP contribution in [-0.2, 0) is 6.54 Å². The molecule has 1 aromatic heterocycles. The lowest BCUT2D eigenvalue weighted by Crippen LogP contribution is -2.29. The molecule has 1 N–H and O–H groups in total. The first-order valence-electron chi connectivity index (χ1n) is 5.85. The van der Waals surface area contributed by atoms with Crippen molar-refractivity contribution in [3.05, 3.63) is 29.6 Å². The zero-order chi connectivity index (χ0) is 12.7. The van der Waals surface area contributed by atoms with Gasteiger partial charge in [-0.25, -0.2) is 4.98 Å². The van der Waals surface area contributed by atoms with Crippen LogP contribution in [-0.4, -0.2) is 36.6 Å². The summed E-state index contributed by atoms with van der Waals surface area (Å²) in [6, 6.07) is 6.28. The van der Waals surface area contributed by atoms with Crippen molar-refractivity contribution in [2.45, 2.75) is 25.9 Å². The van der Waals surface area contributed by atoms with Gasteiger partial charge in [0.25, 0.3) is 0 Å². The summed E-state index contributed by atoms with van der Waals surface area (Å²) < 4.78 is 0. The zero-order valence-electron chi connectivity index (χ0n) is 10.8. The number of nitrogens with zero attached hydrogens (tertiary/aromatic N) is 3. The van der Waals surface area contributed by atoms with Gasteiger partial charge >= 0.3 is 0 Å². The van der Waals surface area contributed by atoms with Gasteiger partial charge in [0.2, 0.25) is 0 Å². The van der Waals surface area contributed by atoms with Gasteiger partial charge in [-0.3, -0.25) is 0 Å². The van der Waals surface area contributed by atoms with E-state index in [1.165, 1.54) is 0 Å². The highest BCUT2D eigenvalue weighted by atomic mass is 15.1. The van der Waals surface area contributed by atoms with Crippen LogP contribution >= 0.6 is 0 Å². The molecule has 4 nitrogen and oxygen atoms in total. The zero-order valence-corrected chi connectivity index (χ0v) is 10.8. The van der Waals surface area contributed by atoms with Crippen molar-refractivity contribution in [1.82, 2.24) is 15.2 Å². The molecule has 1 heterocycles. The molecule has 0 amide bonds. The second-order valence-corrected chi connectivity index (χ2v) is 4.54. The second kappa shape index (κ2) is 7.00. The van der Waals surface area contributed by atoms with E-state index in [2.05, 4.69) is 36.2 Å². The van der Waals surface area contributed by atoms with Crippen LogP contribution in [0.1, 0.15) is 24.6 Å². The van der Waals surface area contributed by atoms with E-state index in [4.69, 9.17) is 5.26 Å². The van der Waals surface area contributed by atoms with Gasteiger partial charge < -0.3 is 10.2 Å². The Morgan fingerprint density at radius 1 is 1.53 bits per heavy atom. The summed E-state index contributed by atoms with van der Waals surface area (Å²) in [6.45, 7) is 4.04. The van der Waals surface area contributed by atoms with Gasteiger partial charge in [0.15, 0.2) is 0 Å². The summed E-state index contributed by atoms with van der Waals surface area (Å²) >= 11 is 0. The lowest BCUT2D eigenvalue weighted by Gasteiger charge is -2.16. The summed E-state index contributed by atoms with van der Waals surface area (Å²) in [6.07, 6.45) is 2.79. The molecule has 0 fully saturated rings. The van der Waals surface area contributed by atoms with Crippen molar-refractivity contribution in [1.29, 1.82) is 5.26 Å². The molecule has 0 saturated carbocycles. The summed E-state index contributed by atoms with van der Waals surface area (Å²) in [4.78, 5) is 6.13.